The van der Waals surface area contributed by atoms with E-state index >= 15 is 0 Å². The number of sulfonamides is 1. The van der Waals surface area contributed by atoms with E-state index in [0.717, 1.165) is 29.0 Å². The van der Waals surface area contributed by atoms with Crippen molar-refractivity contribution in [3.05, 3.63) is 58.1 Å². The number of methoxy groups -OCH3 is 1. The zero-order valence-corrected chi connectivity index (χ0v) is 19.0. The number of rotatable bonds is 7. The second-order valence-electron chi connectivity index (χ2n) is 7.61. The summed E-state index contributed by atoms with van der Waals surface area (Å²) < 4.78 is 31.1. The van der Waals surface area contributed by atoms with Gasteiger partial charge in [-0.15, -0.1) is 0 Å². The molecule has 2 aromatic carbocycles. The van der Waals surface area contributed by atoms with Gasteiger partial charge in [0.05, 0.1) is 25.1 Å². The molecule has 0 radical (unpaired) electrons. The molecule has 162 valence electrons. The SMILES string of the molecule is COc1ccc(Cl)cc1N(CC(=O)NC(C)c1ccc2c(c1)CCCC2)S(C)(=O)=O. The van der Waals surface area contributed by atoms with Crippen LogP contribution in [-0.4, -0.2) is 34.2 Å². The van der Waals surface area contributed by atoms with Crippen molar-refractivity contribution in [2.24, 2.45) is 0 Å². The van der Waals surface area contributed by atoms with Crippen LogP contribution in [0.3, 0.4) is 0 Å². The molecule has 0 saturated heterocycles. The summed E-state index contributed by atoms with van der Waals surface area (Å²) in [5.74, 6) is -0.0898. The minimum absolute atomic E-state index is 0.226. The Morgan fingerprint density at radius 2 is 1.87 bits per heavy atom. The van der Waals surface area contributed by atoms with Crippen LogP contribution < -0.4 is 14.4 Å². The number of benzene rings is 2. The highest BCUT2D eigenvalue weighted by Gasteiger charge is 2.25. The lowest BCUT2D eigenvalue weighted by Gasteiger charge is -2.25. The quantitative estimate of drug-likeness (QED) is 0.694. The van der Waals surface area contributed by atoms with E-state index in [2.05, 4.69) is 17.4 Å². The van der Waals surface area contributed by atoms with Gasteiger partial charge in [-0.2, -0.15) is 0 Å². The fourth-order valence-electron chi connectivity index (χ4n) is 3.76. The van der Waals surface area contributed by atoms with Gasteiger partial charge in [0.1, 0.15) is 12.3 Å². The molecule has 1 unspecified atom stereocenters. The molecular formula is C22H27ClN2O4S. The van der Waals surface area contributed by atoms with Crippen molar-refractivity contribution in [1.82, 2.24) is 5.32 Å². The number of halogens is 1. The number of carbonyl (C=O) groups excluding carboxylic acids is 1. The third-order valence-electron chi connectivity index (χ3n) is 5.35. The van der Waals surface area contributed by atoms with E-state index in [4.69, 9.17) is 16.3 Å². The van der Waals surface area contributed by atoms with Crippen LogP contribution in [0.4, 0.5) is 5.69 Å². The van der Waals surface area contributed by atoms with Crippen LogP contribution in [0, 0.1) is 0 Å². The van der Waals surface area contributed by atoms with Gasteiger partial charge in [-0.05, 0) is 67.5 Å². The van der Waals surface area contributed by atoms with Gasteiger partial charge in [-0.25, -0.2) is 8.42 Å². The van der Waals surface area contributed by atoms with Gasteiger partial charge in [-0.1, -0.05) is 29.8 Å². The Morgan fingerprint density at radius 1 is 1.17 bits per heavy atom. The van der Waals surface area contributed by atoms with Crippen LogP contribution >= 0.6 is 11.6 Å². The Bertz CT molecular complexity index is 1040. The Kier molecular flexibility index (Phi) is 6.93. The standard InChI is InChI=1S/C22H27ClN2O4S/c1-15(17-9-8-16-6-4-5-7-18(16)12-17)24-22(26)14-25(30(3,27)28)20-13-19(23)10-11-21(20)29-2/h8-13,15H,4-7,14H2,1-3H3,(H,24,26). The van der Waals surface area contributed by atoms with Gasteiger partial charge in [0.2, 0.25) is 15.9 Å². The summed E-state index contributed by atoms with van der Waals surface area (Å²) in [7, 11) is -2.31. The second-order valence-corrected chi connectivity index (χ2v) is 9.95. The number of nitrogens with zero attached hydrogens (tertiary/aromatic N) is 1. The number of ether oxygens (including phenoxy) is 1. The highest BCUT2D eigenvalue weighted by molar-refractivity contribution is 7.92. The maximum Gasteiger partial charge on any atom is 0.241 e. The number of amides is 1. The molecule has 0 fully saturated rings. The number of nitrogens with one attached hydrogen (secondary N) is 1. The smallest absolute Gasteiger partial charge is 0.241 e. The van der Waals surface area contributed by atoms with E-state index in [-0.39, 0.29) is 18.3 Å². The van der Waals surface area contributed by atoms with Crippen molar-refractivity contribution in [3.63, 3.8) is 0 Å². The third kappa shape index (κ3) is 5.26. The van der Waals surface area contributed by atoms with Gasteiger partial charge in [0.15, 0.2) is 0 Å². The zero-order valence-electron chi connectivity index (χ0n) is 17.4. The molecule has 1 aliphatic rings. The molecule has 6 nitrogen and oxygen atoms in total. The van der Waals surface area contributed by atoms with Crippen molar-refractivity contribution < 1.29 is 17.9 Å². The van der Waals surface area contributed by atoms with Crippen LogP contribution in [0.25, 0.3) is 0 Å². The summed E-state index contributed by atoms with van der Waals surface area (Å²) in [4.78, 5) is 12.7. The maximum absolute atomic E-state index is 12.7. The average molecular weight is 451 g/mol. The summed E-state index contributed by atoms with van der Waals surface area (Å²) >= 11 is 6.05. The van der Waals surface area contributed by atoms with E-state index in [1.807, 2.05) is 13.0 Å². The number of anilines is 1. The third-order valence-corrected chi connectivity index (χ3v) is 6.71. The molecule has 0 saturated carbocycles. The molecule has 30 heavy (non-hydrogen) atoms. The monoisotopic (exact) mass is 450 g/mol. The maximum atomic E-state index is 12.7. The van der Waals surface area contributed by atoms with Gasteiger partial charge < -0.3 is 10.1 Å². The van der Waals surface area contributed by atoms with Gasteiger partial charge in [-0.3, -0.25) is 9.10 Å². The molecule has 0 bridgehead atoms. The molecule has 0 aliphatic heterocycles. The summed E-state index contributed by atoms with van der Waals surface area (Å²) in [6.45, 7) is 1.53. The number of aryl methyl sites for hydroxylation is 2. The summed E-state index contributed by atoms with van der Waals surface area (Å²) in [6, 6.07) is 10.7. The minimum atomic E-state index is -3.74. The number of carbonyl (C=O) groups is 1. The second kappa shape index (κ2) is 9.27. The first-order valence-electron chi connectivity index (χ1n) is 9.91. The molecule has 1 N–H and O–H groups in total. The van der Waals surface area contributed by atoms with Gasteiger partial charge in [0.25, 0.3) is 0 Å². The van der Waals surface area contributed by atoms with E-state index in [9.17, 15) is 13.2 Å². The molecule has 1 aliphatic carbocycles. The Hall–Kier alpha value is -2.25. The highest BCUT2D eigenvalue weighted by atomic mass is 35.5. The summed E-state index contributed by atoms with van der Waals surface area (Å²) in [5, 5.41) is 3.26. The normalized spacial score (nSPS) is 14.5. The predicted octanol–water partition coefficient (Wildman–Crippen LogP) is 3.87. The molecule has 1 amide bonds. The molecule has 0 spiro atoms. The minimum Gasteiger partial charge on any atom is -0.495 e. The Labute approximate surface area is 183 Å². The van der Waals surface area contributed by atoms with Gasteiger partial charge >= 0.3 is 0 Å². The highest BCUT2D eigenvalue weighted by Crippen LogP contribution is 2.32. The molecule has 0 aromatic heterocycles. The lowest BCUT2D eigenvalue weighted by Crippen LogP contribution is -2.41. The van der Waals surface area contributed by atoms with Crippen LogP contribution in [0.2, 0.25) is 5.02 Å². The average Bonchev–Trinajstić information content (AvgIpc) is 2.70. The zero-order chi connectivity index (χ0) is 21.9. The first kappa shape index (κ1) is 22.4. The van der Waals surface area contributed by atoms with E-state index < -0.39 is 15.9 Å². The molecule has 3 rings (SSSR count). The van der Waals surface area contributed by atoms with Crippen molar-refractivity contribution >= 4 is 33.2 Å². The van der Waals surface area contributed by atoms with Gasteiger partial charge in [0, 0.05) is 5.02 Å². The molecule has 1 atom stereocenters. The summed E-state index contributed by atoms with van der Waals surface area (Å²) in [5.41, 5.74) is 3.94. The Balaban J connectivity index is 1.78. The van der Waals surface area contributed by atoms with E-state index in [0.29, 0.717) is 10.8 Å². The van der Waals surface area contributed by atoms with Crippen LogP contribution in [-0.2, 0) is 27.7 Å². The van der Waals surface area contributed by atoms with Crippen LogP contribution in [0.1, 0.15) is 42.5 Å². The predicted molar refractivity (Wildman–Crippen MR) is 120 cm³/mol. The largest absolute Gasteiger partial charge is 0.495 e. The van der Waals surface area contributed by atoms with Crippen molar-refractivity contribution in [2.75, 3.05) is 24.2 Å². The number of hydrogen-bond acceptors (Lipinski definition) is 4. The molecule has 8 heteroatoms. The topological polar surface area (TPSA) is 75.7 Å². The van der Waals surface area contributed by atoms with E-state index in [1.165, 1.54) is 37.1 Å². The van der Waals surface area contributed by atoms with Crippen molar-refractivity contribution in [1.29, 1.82) is 0 Å². The summed E-state index contributed by atoms with van der Waals surface area (Å²) in [6.07, 6.45) is 5.60. The Morgan fingerprint density at radius 3 is 2.53 bits per heavy atom. The first-order valence-corrected chi connectivity index (χ1v) is 12.1. The molecule has 2 aromatic rings. The fraction of sp³-hybridized carbons (Fsp3) is 0.409. The lowest BCUT2D eigenvalue weighted by molar-refractivity contribution is -0.120. The fourth-order valence-corrected chi connectivity index (χ4v) is 4.78. The van der Waals surface area contributed by atoms with E-state index in [1.54, 1.807) is 12.1 Å². The molecule has 0 heterocycles. The number of hydrogen-bond donors (Lipinski definition) is 1. The number of fused-ring (bicyclic) bond motifs is 1. The lowest BCUT2D eigenvalue weighted by atomic mass is 9.89. The first-order chi connectivity index (χ1) is 14.2. The van der Waals surface area contributed by atoms with Crippen LogP contribution in [0.15, 0.2) is 36.4 Å². The molecular weight excluding hydrogens is 424 g/mol. The van der Waals surface area contributed by atoms with Crippen molar-refractivity contribution in [2.45, 2.75) is 38.6 Å². The van der Waals surface area contributed by atoms with Crippen LogP contribution in [0.5, 0.6) is 5.75 Å². The van der Waals surface area contributed by atoms with Crippen molar-refractivity contribution in [3.8, 4) is 5.75 Å².